The van der Waals surface area contributed by atoms with E-state index in [-0.39, 0.29) is 11.9 Å². The molecule has 0 aromatic rings. The highest BCUT2D eigenvalue weighted by Crippen LogP contribution is 2.10. The van der Waals surface area contributed by atoms with Gasteiger partial charge in [0, 0.05) is 31.7 Å². The zero-order valence-electron chi connectivity index (χ0n) is 13.4. The summed E-state index contributed by atoms with van der Waals surface area (Å²) in [6.45, 7) is 12.2. The molecule has 1 atom stereocenters. The monoisotopic (exact) mass is 285 g/mol. The number of hydrogen-bond donors (Lipinski definition) is 2. The van der Waals surface area contributed by atoms with Crippen LogP contribution in [0, 0.1) is 0 Å². The summed E-state index contributed by atoms with van der Waals surface area (Å²) in [6, 6.07) is 0.572. The summed E-state index contributed by atoms with van der Waals surface area (Å²) in [5.41, 5.74) is 0. The molecule has 1 saturated heterocycles. The van der Waals surface area contributed by atoms with Crippen molar-refractivity contribution in [2.45, 2.75) is 58.7 Å². The molecule has 1 aliphatic rings. The molecule has 0 radical (unpaired) electrons. The SMILES string of the molecule is CCN1CCC(NC(=O)CN(CC(C)O)C(C)C)CC1. The summed E-state index contributed by atoms with van der Waals surface area (Å²) in [7, 11) is 0. The molecule has 1 heterocycles. The van der Waals surface area contributed by atoms with Gasteiger partial charge in [0.2, 0.25) is 5.91 Å². The topological polar surface area (TPSA) is 55.8 Å². The van der Waals surface area contributed by atoms with Crippen LogP contribution in [0.5, 0.6) is 0 Å². The molecule has 1 unspecified atom stereocenters. The minimum atomic E-state index is -0.405. The van der Waals surface area contributed by atoms with E-state index in [2.05, 4.69) is 31.0 Å². The van der Waals surface area contributed by atoms with E-state index in [1.165, 1.54) is 0 Å². The Morgan fingerprint density at radius 3 is 2.40 bits per heavy atom. The van der Waals surface area contributed by atoms with Crippen LogP contribution in [0.3, 0.4) is 0 Å². The van der Waals surface area contributed by atoms with Crippen molar-refractivity contribution in [2.24, 2.45) is 0 Å². The highest BCUT2D eigenvalue weighted by molar-refractivity contribution is 5.78. The lowest BCUT2D eigenvalue weighted by Gasteiger charge is -2.32. The number of nitrogens with zero attached hydrogens (tertiary/aromatic N) is 2. The Balaban J connectivity index is 2.34. The highest BCUT2D eigenvalue weighted by Gasteiger charge is 2.21. The minimum absolute atomic E-state index is 0.0781. The second-order valence-electron chi connectivity index (χ2n) is 6.15. The smallest absolute Gasteiger partial charge is 0.234 e. The van der Waals surface area contributed by atoms with Crippen molar-refractivity contribution in [3.8, 4) is 0 Å². The van der Waals surface area contributed by atoms with Crippen molar-refractivity contribution in [2.75, 3.05) is 32.7 Å². The first kappa shape index (κ1) is 17.4. The third-order valence-corrected chi connectivity index (χ3v) is 3.98. The van der Waals surface area contributed by atoms with E-state index in [4.69, 9.17) is 0 Å². The number of carbonyl (C=O) groups excluding carboxylic acids is 1. The van der Waals surface area contributed by atoms with Crippen LogP contribution < -0.4 is 5.32 Å². The highest BCUT2D eigenvalue weighted by atomic mass is 16.3. The predicted octanol–water partition coefficient (Wildman–Crippen LogP) is 0.678. The molecule has 1 amide bonds. The standard InChI is InChI=1S/C15H31N3O2/c1-5-17-8-6-14(7-9-17)16-15(20)11-18(12(2)3)10-13(4)19/h12-14,19H,5-11H2,1-4H3,(H,16,20). The van der Waals surface area contributed by atoms with Gasteiger partial charge in [-0.25, -0.2) is 0 Å². The van der Waals surface area contributed by atoms with Crippen LogP contribution >= 0.6 is 0 Å². The van der Waals surface area contributed by atoms with Crippen LogP contribution in [-0.4, -0.2) is 71.7 Å². The van der Waals surface area contributed by atoms with Crippen molar-refractivity contribution in [1.82, 2.24) is 15.1 Å². The second kappa shape index (κ2) is 8.60. The minimum Gasteiger partial charge on any atom is -0.392 e. The molecule has 0 aliphatic carbocycles. The molecule has 118 valence electrons. The van der Waals surface area contributed by atoms with E-state index in [0.29, 0.717) is 19.1 Å². The summed E-state index contributed by atoms with van der Waals surface area (Å²) in [5.74, 6) is 0.0781. The summed E-state index contributed by atoms with van der Waals surface area (Å²) in [5, 5.41) is 12.6. The molecule has 1 fully saturated rings. The molecule has 1 rings (SSSR count). The largest absolute Gasteiger partial charge is 0.392 e. The van der Waals surface area contributed by atoms with Crippen molar-refractivity contribution in [1.29, 1.82) is 0 Å². The van der Waals surface area contributed by atoms with Crippen molar-refractivity contribution < 1.29 is 9.90 Å². The molecule has 2 N–H and O–H groups in total. The Morgan fingerprint density at radius 1 is 1.35 bits per heavy atom. The van der Waals surface area contributed by atoms with Crippen molar-refractivity contribution >= 4 is 5.91 Å². The lowest BCUT2D eigenvalue weighted by atomic mass is 10.1. The van der Waals surface area contributed by atoms with Gasteiger partial charge in [0.15, 0.2) is 0 Å². The fraction of sp³-hybridized carbons (Fsp3) is 0.933. The van der Waals surface area contributed by atoms with Gasteiger partial charge in [-0.3, -0.25) is 9.69 Å². The fourth-order valence-corrected chi connectivity index (χ4v) is 2.65. The molecule has 0 aromatic heterocycles. The van der Waals surface area contributed by atoms with Crippen LogP contribution in [-0.2, 0) is 4.79 Å². The summed E-state index contributed by atoms with van der Waals surface area (Å²) in [6.07, 6.45) is 1.67. The Bertz CT molecular complexity index is 287. The van der Waals surface area contributed by atoms with Gasteiger partial charge in [-0.05, 0) is 40.2 Å². The van der Waals surface area contributed by atoms with Gasteiger partial charge in [0.05, 0.1) is 12.6 Å². The zero-order valence-corrected chi connectivity index (χ0v) is 13.4. The predicted molar refractivity (Wildman–Crippen MR) is 81.7 cm³/mol. The first-order valence-electron chi connectivity index (χ1n) is 7.86. The van der Waals surface area contributed by atoms with Crippen LogP contribution in [0.2, 0.25) is 0 Å². The quantitative estimate of drug-likeness (QED) is 0.722. The lowest BCUT2D eigenvalue weighted by molar-refractivity contribution is -0.124. The van der Waals surface area contributed by atoms with Gasteiger partial charge in [-0.1, -0.05) is 6.92 Å². The maximum absolute atomic E-state index is 12.1. The van der Waals surface area contributed by atoms with Crippen LogP contribution in [0.25, 0.3) is 0 Å². The van der Waals surface area contributed by atoms with Gasteiger partial charge in [-0.2, -0.15) is 0 Å². The molecule has 0 saturated carbocycles. The number of aliphatic hydroxyl groups excluding tert-OH is 1. The number of rotatable bonds is 7. The number of likely N-dealkylation sites (tertiary alicyclic amines) is 1. The molecular formula is C15H31N3O2. The third kappa shape index (κ3) is 6.20. The Labute approximate surface area is 123 Å². The molecule has 5 nitrogen and oxygen atoms in total. The zero-order chi connectivity index (χ0) is 15.1. The average Bonchev–Trinajstić information content (AvgIpc) is 2.38. The van der Waals surface area contributed by atoms with Crippen LogP contribution in [0.4, 0.5) is 0 Å². The second-order valence-corrected chi connectivity index (χ2v) is 6.15. The molecule has 0 spiro atoms. The normalized spacial score (nSPS) is 19.6. The number of amides is 1. The number of piperidine rings is 1. The summed E-state index contributed by atoms with van der Waals surface area (Å²) < 4.78 is 0. The maximum atomic E-state index is 12.1. The Hall–Kier alpha value is -0.650. The number of nitrogens with one attached hydrogen (secondary N) is 1. The van der Waals surface area contributed by atoms with E-state index < -0.39 is 6.10 Å². The van der Waals surface area contributed by atoms with Crippen LogP contribution in [0.15, 0.2) is 0 Å². The van der Waals surface area contributed by atoms with E-state index in [1.54, 1.807) is 6.92 Å². The Morgan fingerprint density at radius 2 is 1.95 bits per heavy atom. The van der Waals surface area contributed by atoms with E-state index in [0.717, 1.165) is 32.5 Å². The number of aliphatic hydroxyl groups is 1. The van der Waals surface area contributed by atoms with Crippen LogP contribution in [0.1, 0.15) is 40.5 Å². The molecule has 20 heavy (non-hydrogen) atoms. The molecular weight excluding hydrogens is 254 g/mol. The van der Waals surface area contributed by atoms with Gasteiger partial charge in [0.25, 0.3) is 0 Å². The molecule has 5 heteroatoms. The molecule has 1 aliphatic heterocycles. The first-order valence-corrected chi connectivity index (χ1v) is 7.86. The van der Waals surface area contributed by atoms with Crippen molar-refractivity contribution in [3.63, 3.8) is 0 Å². The number of carbonyl (C=O) groups is 1. The van der Waals surface area contributed by atoms with E-state index >= 15 is 0 Å². The lowest BCUT2D eigenvalue weighted by Crippen LogP contribution is -2.49. The first-order chi connectivity index (χ1) is 9.42. The average molecular weight is 285 g/mol. The summed E-state index contributed by atoms with van der Waals surface area (Å²) >= 11 is 0. The Kier molecular flexibility index (Phi) is 7.48. The van der Waals surface area contributed by atoms with E-state index in [1.807, 2.05) is 4.90 Å². The van der Waals surface area contributed by atoms with Crippen molar-refractivity contribution in [3.05, 3.63) is 0 Å². The van der Waals surface area contributed by atoms with Gasteiger partial charge in [-0.15, -0.1) is 0 Å². The molecule has 0 bridgehead atoms. The third-order valence-electron chi connectivity index (χ3n) is 3.98. The maximum Gasteiger partial charge on any atom is 0.234 e. The van der Waals surface area contributed by atoms with E-state index in [9.17, 15) is 9.90 Å². The van der Waals surface area contributed by atoms with Gasteiger partial charge >= 0.3 is 0 Å². The summed E-state index contributed by atoms with van der Waals surface area (Å²) in [4.78, 5) is 16.5. The number of hydrogen-bond acceptors (Lipinski definition) is 4. The molecule has 0 aromatic carbocycles. The van der Waals surface area contributed by atoms with Gasteiger partial charge in [0.1, 0.15) is 0 Å². The van der Waals surface area contributed by atoms with Gasteiger partial charge < -0.3 is 15.3 Å². The fourth-order valence-electron chi connectivity index (χ4n) is 2.65.